The van der Waals surface area contributed by atoms with Crippen LogP contribution >= 0.6 is 0 Å². The highest BCUT2D eigenvalue weighted by Gasteiger charge is 2.18. The number of benzene rings is 8. The second-order valence-electron chi connectivity index (χ2n) is 12.8. The quantitative estimate of drug-likeness (QED) is 0.176. The Morgan fingerprint density at radius 2 is 1.08 bits per heavy atom. The van der Waals surface area contributed by atoms with Crippen molar-refractivity contribution in [3.05, 3.63) is 182 Å². The van der Waals surface area contributed by atoms with Gasteiger partial charge in [0.2, 0.25) is 0 Å². The summed E-state index contributed by atoms with van der Waals surface area (Å²) in [5.41, 5.74) is 10.5. The molecule has 0 saturated heterocycles. The van der Waals surface area contributed by atoms with Crippen molar-refractivity contribution in [3.63, 3.8) is 0 Å². The van der Waals surface area contributed by atoms with E-state index in [9.17, 15) is 0 Å². The molecular formula is C47H30N2O. The van der Waals surface area contributed by atoms with Crippen molar-refractivity contribution in [2.45, 2.75) is 0 Å². The lowest BCUT2D eigenvalue weighted by Gasteiger charge is -2.26. The second-order valence-corrected chi connectivity index (χ2v) is 12.8. The predicted molar refractivity (Wildman–Crippen MR) is 210 cm³/mol. The summed E-state index contributed by atoms with van der Waals surface area (Å²) in [6.07, 6.45) is 1.94. The van der Waals surface area contributed by atoms with Crippen molar-refractivity contribution >= 4 is 71.4 Å². The first-order valence-corrected chi connectivity index (χ1v) is 17.0. The molecule has 0 fully saturated rings. The van der Waals surface area contributed by atoms with E-state index in [2.05, 4.69) is 163 Å². The molecule has 3 nitrogen and oxygen atoms in total. The standard InChI is InChI=1S/C47H30N2O/c1-2-11-31(12-3-1)33-14-10-15-36(27-33)49(37-25-26-42-45(29-37)48-30-44-41-19-8-9-20-46(41)50-47(42)44)35-23-21-32(22-24-35)43-28-34-13-4-5-16-38(34)39-17-6-7-18-40(39)43/h1-30H. The number of anilines is 3. The molecule has 50 heavy (non-hydrogen) atoms. The van der Waals surface area contributed by atoms with Crippen molar-refractivity contribution in [2.24, 2.45) is 0 Å². The Hall–Kier alpha value is -6.71. The molecule has 2 heterocycles. The number of hydrogen-bond donors (Lipinski definition) is 0. The summed E-state index contributed by atoms with van der Waals surface area (Å²) in [6, 6.07) is 62.6. The van der Waals surface area contributed by atoms with Gasteiger partial charge in [0.15, 0.2) is 0 Å². The van der Waals surface area contributed by atoms with Crippen LogP contribution in [0.15, 0.2) is 187 Å². The first-order chi connectivity index (χ1) is 24.8. The minimum atomic E-state index is 0.868. The number of nitrogens with zero attached hydrogens (tertiary/aromatic N) is 2. The molecule has 0 aliphatic rings. The van der Waals surface area contributed by atoms with Crippen LogP contribution in [0.1, 0.15) is 0 Å². The smallest absolute Gasteiger partial charge is 0.146 e. The third-order valence-electron chi connectivity index (χ3n) is 9.87. The molecule has 0 aliphatic heterocycles. The van der Waals surface area contributed by atoms with Gasteiger partial charge in [-0.15, -0.1) is 0 Å². The van der Waals surface area contributed by atoms with Crippen molar-refractivity contribution in [1.82, 2.24) is 4.98 Å². The summed E-state index contributed by atoms with van der Waals surface area (Å²) in [7, 11) is 0. The van der Waals surface area contributed by atoms with Gasteiger partial charge in [0.25, 0.3) is 0 Å². The van der Waals surface area contributed by atoms with Gasteiger partial charge in [-0.25, -0.2) is 0 Å². The molecule has 10 rings (SSSR count). The van der Waals surface area contributed by atoms with E-state index < -0.39 is 0 Å². The maximum absolute atomic E-state index is 6.36. The highest BCUT2D eigenvalue weighted by atomic mass is 16.3. The van der Waals surface area contributed by atoms with Gasteiger partial charge in [-0.2, -0.15) is 0 Å². The Morgan fingerprint density at radius 3 is 1.94 bits per heavy atom. The topological polar surface area (TPSA) is 29.3 Å². The number of para-hydroxylation sites is 1. The summed E-state index contributed by atoms with van der Waals surface area (Å²) >= 11 is 0. The molecular weight excluding hydrogens is 609 g/mol. The van der Waals surface area contributed by atoms with Gasteiger partial charge in [-0.1, -0.05) is 121 Å². The molecule has 2 aromatic heterocycles. The maximum atomic E-state index is 6.36. The van der Waals surface area contributed by atoms with E-state index >= 15 is 0 Å². The highest BCUT2D eigenvalue weighted by molar-refractivity contribution is 6.15. The summed E-state index contributed by atoms with van der Waals surface area (Å²) < 4.78 is 6.36. The van der Waals surface area contributed by atoms with E-state index in [4.69, 9.17) is 9.40 Å². The maximum Gasteiger partial charge on any atom is 0.146 e. The Morgan fingerprint density at radius 1 is 0.400 bits per heavy atom. The van der Waals surface area contributed by atoms with E-state index in [1.807, 2.05) is 24.4 Å². The zero-order chi connectivity index (χ0) is 33.0. The molecule has 8 aromatic carbocycles. The molecule has 234 valence electrons. The van der Waals surface area contributed by atoms with Gasteiger partial charge in [0.05, 0.1) is 5.52 Å². The molecule has 3 heteroatoms. The minimum absolute atomic E-state index is 0.868. The van der Waals surface area contributed by atoms with Crippen LogP contribution in [0.4, 0.5) is 17.1 Å². The Balaban J connectivity index is 1.13. The van der Waals surface area contributed by atoms with Crippen LogP contribution in [-0.2, 0) is 0 Å². The largest absolute Gasteiger partial charge is 0.455 e. The summed E-state index contributed by atoms with van der Waals surface area (Å²) in [5.74, 6) is 0. The molecule has 0 amide bonds. The lowest BCUT2D eigenvalue weighted by Crippen LogP contribution is -2.10. The van der Waals surface area contributed by atoms with Crippen molar-refractivity contribution in [1.29, 1.82) is 0 Å². The van der Waals surface area contributed by atoms with E-state index in [-0.39, 0.29) is 0 Å². The van der Waals surface area contributed by atoms with Crippen LogP contribution in [0, 0.1) is 0 Å². The van der Waals surface area contributed by atoms with Crippen molar-refractivity contribution in [2.75, 3.05) is 4.90 Å². The zero-order valence-corrected chi connectivity index (χ0v) is 27.1. The molecule has 0 spiro atoms. The molecule has 0 bridgehead atoms. The average molecular weight is 639 g/mol. The van der Waals surface area contributed by atoms with E-state index in [0.717, 1.165) is 55.5 Å². The molecule has 0 radical (unpaired) electrons. The Kier molecular flexibility index (Phi) is 6.49. The van der Waals surface area contributed by atoms with Crippen LogP contribution in [0.5, 0.6) is 0 Å². The number of fused-ring (bicyclic) bond motifs is 8. The monoisotopic (exact) mass is 638 g/mol. The van der Waals surface area contributed by atoms with Gasteiger partial charge in [-0.05, 0) is 98.4 Å². The summed E-state index contributed by atoms with van der Waals surface area (Å²) in [6.45, 7) is 0. The zero-order valence-electron chi connectivity index (χ0n) is 27.1. The first kappa shape index (κ1) is 28.3. The second kappa shape index (κ2) is 11.5. The van der Waals surface area contributed by atoms with Crippen LogP contribution in [0.2, 0.25) is 0 Å². The first-order valence-electron chi connectivity index (χ1n) is 17.0. The Bertz CT molecular complexity index is 2870. The van der Waals surface area contributed by atoms with Gasteiger partial charge in [0, 0.05) is 39.4 Å². The number of furan rings is 1. The van der Waals surface area contributed by atoms with Gasteiger partial charge in [0.1, 0.15) is 11.2 Å². The molecule has 0 N–H and O–H groups in total. The summed E-state index contributed by atoms with van der Waals surface area (Å²) in [4.78, 5) is 7.27. The third kappa shape index (κ3) is 4.63. The molecule has 0 atom stereocenters. The van der Waals surface area contributed by atoms with Gasteiger partial charge in [-0.3, -0.25) is 4.98 Å². The number of hydrogen-bond acceptors (Lipinski definition) is 3. The van der Waals surface area contributed by atoms with Crippen molar-refractivity contribution in [3.8, 4) is 22.3 Å². The molecule has 0 unspecified atom stereocenters. The highest BCUT2D eigenvalue weighted by Crippen LogP contribution is 2.41. The van der Waals surface area contributed by atoms with Gasteiger partial charge >= 0.3 is 0 Å². The third-order valence-corrected chi connectivity index (χ3v) is 9.87. The van der Waals surface area contributed by atoms with Crippen LogP contribution in [0.3, 0.4) is 0 Å². The SMILES string of the molecule is c1ccc(-c2cccc(N(c3ccc(-c4cc5ccccc5c5ccccc45)cc3)c3ccc4c(c3)ncc3c5ccccc5oc43)c2)cc1. The molecule has 0 saturated carbocycles. The lowest BCUT2D eigenvalue weighted by atomic mass is 9.93. The molecule has 10 aromatic rings. The summed E-state index contributed by atoms with van der Waals surface area (Å²) in [5, 5.41) is 8.16. The fourth-order valence-corrected chi connectivity index (χ4v) is 7.47. The minimum Gasteiger partial charge on any atom is -0.455 e. The molecule has 0 aliphatic carbocycles. The number of rotatable bonds is 5. The van der Waals surface area contributed by atoms with E-state index in [0.29, 0.717) is 0 Å². The van der Waals surface area contributed by atoms with Crippen molar-refractivity contribution < 1.29 is 4.42 Å². The van der Waals surface area contributed by atoms with Crippen LogP contribution in [0.25, 0.3) is 76.6 Å². The normalized spacial score (nSPS) is 11.6. The van der Waals surface area contributed by atoms with Gasteiger partial charge < -0.3 is 9.32 Å². The number of aromatic nitrogens is 1. The van der Waals surface area contributed by atoms with E-state index in [1.165, 1.54) is 38.2 Å². The van der Waals surface area contributed by atoms with Crippen LogP contribution < -0.4 is 4.90 Å². The van der Waals surface area contributed by atoms with E-state index in [1.54, 1.807) is 0 Å². The van der Waals surface area contributed by atoms with Crippen LogP contribution in [-0.4, -0.2) is 4.98 Å². The fraction of sp³-hybridized carbons (Fsp3) is 0. The number of pyridine rings is 1. The Labute approximate surface area is 289 Å². The fourth-order valence-electron chi connectivity index (χ4n) is 7.47. The average Bonchev–Trinajstić information content (AvgIpc) is 3.58. The predicted octanol–water partition coefficient (Wildman–Crippen LogP) is 13.2. The lowest BCUT2D eigenvalue weighted by molar-refractivity contribution is 0.672.